The van der Waals surface area contributed by atoms with E-state index in [-0.39, 0.29) is 23.7 Å². The zero-order valence-corrected chi connectivity index (χ0v) is 14.7. The third-order valence-corrected chi connectivity index (χ3v) is 5.85. The maximum atomic E-state index is 15.2. The molecule has 4 rings (SSSR count). The predicted octanol–water partition coefficient (Wildman–Crippen LogP) is 0.977. The van der Waals surface area contributed by atoms with Gasteiger partial charge in [-0.2, -0.15) is 18.8 Å². The van der Waals surface area contributed by atoms with Gasteiger partial charge in [-0.05, 0) is 31.0 Å². The second kappa shape index (κ2) is 5.95. The fourth-order valence-corrected chi connectivity index (χ4v) is 4.26. The van der Waals surface area contributed by atoms with E-state index in [9.17, 15) is 18.3 Å². The Morgan fingerprint density at radius 1 is 1.41 bits per heavy atom. The first-order chi connectivity index (χ1) is 12.8. The normalized spacial score (nSPS) is 18.4. The van der Waals surface area contributed by atoms with Crippen LogP contribution in [0.25, 0.3) is 11.3 Å². The van der Waals surface area contributed by atoms with Crippen LogP contribution in [0.5, 0.6) is 5.75 Å². The van der Waals surface area contributed by atoms with Crippen molar-refractivity contribution in [3.05, 3.63) is 29.7 Å². The average Bonchev–Trinajstić information content (AvgIpc) is 3.29. The summed E-state index contributed by atoms with van der Waals surface area (Å²) in [6.45, 7) is -0.621. The highest BCUT2D eigenvalue weighted by Crippen LogP contribution is 2.43. The van der Waals surface area contributed by atoms with E-state index < -0.39 is 39.9 Å². The fraction of sp³-hybridized carbons (Fsp3) is 0.312. The number of halogens is 1. The molecule has 11 heteroatoms. The summed E-state index contributed by atoms with van der Waals surface area (Å²) in [7, 11) is -4.28. The van der Waals surface area contributed by atoms with Gasteiger partial charge in [0.25, 0.3) is 5.91 Å². The number of nitrogens with one attached hydrogen (secondary N) is 1. The van der Waals surface area contributed by atoms with E-state index in [2.05, 4.69) is 5.10 Å². The topological polar surface area (TPSA) is 128 Å². The monoisotopic (exact) mass is 391 g/mol. The van der Waals surface area contributed by atoms with E-state index >= 15 is 4.39 Å². The van der Waals surface area contributed by atoms with Gasteiger partial charge in [-0.1, -0.05) is 0 Å². The molecule has 1 aromatic heterocycles. The van der Waals surface area contributed by atoms with Crippen LogP contribution in [-0.4, -0.2) is 35.8 Å². The number of hydrogen-bond donors (Lipinski definition) is 2. The van der Waals surface area contributed by atoms with Crippen LogP contribution in [0.2, 0.25) is 0 Å². The van der Waals surface area contributed by atoms with Gasteiger partial charge >= 0.3 is 10.2 Å². The molecule has 1 saturated heterocycles. The van der Waals surface area contributed by atoms with Crippen LogP contribution in [0.15, 0.2) is 18.2 Å². The standard InChI is InChI=1S/C16H14FN5O4S/c17-15-10(11-7-12(9-1-2-9)21(19-11)6-5-18)3-4-13(23)16(15)22-8-14(24)20-27(22,25)26/h3-4,7,9,23H,1-2,6,8H2,(H,20,24). The number of aromatic nitrogens is 2. The molecule has 0 unspecified atom stereocenters. The highest BCUT2D eigenvalue weighted by molar-refractivity contribution is 7.92. The molecule has 0 bridgehead atoms. The van der Waals surface area contributed by atoms with Crippen LogP contribution in [0.4, 0.5) is 10.1 Å². The summed E-state index contributed by atoms with van der Waals surface area (Å²) in [4.78, 5) is 11.4. The maximum Gasteiger partial charge on any atom is 0.326 e. The molecule has 1 aliphatic heterocycles. The van der Waals surface area contributed by atoms with Gasteiger partial charge < -0.3 is 5.11 Å². The Morgan fingerprint density at radius 3 is 2.74 bits per heavy atom. The van der Waals surface area contributed by atoms with Gasteiger partial charge in [0, 0.05) is 17.2 Å². The lowest BCUT2D eigenvalue weighted by Crippen LogP contribution is -2.30. The van der Waals surface area contributed by atoms with Gasteiger partial charge in [-0.25, -0.2) is 13.4 Å². The van der Waals surface area contributed by atoms with E-state index in [1.54, 1.807) is 10.8 Å². The quantitative estimate of drug-likeness (QED) is 0.799. The van der Waals surface area contributed by atoms with Crippen LogP contribution < -0.4 is 9.03 Å². The van der Waals surface area contributed by atoms with Crippen molar-refractivity contribution >= 4 is 21.8 Å². The number of nitriles is 1. The Morgan fingerprint density at radius 2 is 2.15 bits per heavy atom. The zero-order chi connectivity index (χ0) is 19.3. The second-order valence-corrected chi connectivity index (χ2v) is 7.97. The first-order valence-electron chi connectivity index (χ1n) is 8.11. The van der Waals surface area contributed by atoms with E-state index in [4.69, 9.17) is 5.26 Å². The number of aromatic hydroxyl groups is 1. The number of carbonyl (C=O) groups is 1. The third-order valence-electron chi connectivity index (χ3n) is 4.47. The van der Waals surface area contributed by atoms with Gasteiger partial charge in [-0.3, -0.25) is 9.48 Å². The number of amides is 1. The van der Waals surface area contributed by atoms with Crippen molar-refractivity contribution in [2.24, 2.45) is 0 Å². The van der Waals surface area contributed by atoms with Gasteiger partial charge in [0.1, 0.15) is 24.5 Å². The van der Waals surface area contributed by atoms with E-state index in [0.29, 0.717) is 4.31 Å². The number of carbonyl (C=O) groups excluding carboxylic acids is 1. The molecule has 0 atom stereocenters. The lowest BCUT2D eigenvalue weighted by Gasteiger charge is -2.18. The molecular weight excluding hydrogens is 377 g/mol. The minimum absolute atomic E-state index is 0.0112. The molecule has 140 valence electrons. The molecule has 2 aromatic rings. The number of hydrogen-bond acceptors (Lipinski definition) is 6. The molecule has 2 aliphatic rings. The number of benzene rings is 1. The number of nitrogens with zero attached hydrogens (tertiary/aromatic N) is 4. The van der Waals surface area contributed by atoms with Crippen molar-refractivity contribution in [3.8, 4) is 23.1 Å². The third kappa shape index (κ3) is 2.87. The van der Waals surface area contributed by atoms with Crippen molar-refractivity contribution in [1.29, 1.82) is 5.26 Å². The van der Waals surface area contributed by atoms with Crippen molar-refractivity contribution in [2.75, 3.05) is 10.8 Å². The van der Waals surface area contributed by atoms with Gasteiger partial charge in [-0.15, -0.1) is 0 Å². The van der Waals surface area contributed by atoms with Crippen molar-refractivity contribution in [3.63, 3.8) is 0 Å². The minimum atomic E-state index is -4.28. The molecule has 1 aromatic carbocycles. The van der Waals surface area contributed by atoms with Crippen LogP contribution >= 0.6 is 0 Å². The summed E-state index contributed by atoms with van der Waals surface area (Å²) in [5.41, 5.74) is 0.387. The average molecular weight is 391 g/mol. The number of rotatable bonds is 4. The Kier molecular flexibility index (Phi) is 3.81. The lowest BCUT2D eigenvalue weighted by molar-refractivity contribution is -0.117. The van der Waals surface area contributed by atoms with E-state index in [1.807, 2.05) is 6.07 Å². The van der Waals surface area contributed by atoms with Gasteiger partial charge in [0.15, 0.2) is 5.82 Å². The summed E-state index contributed by atoms with van der Waals surface area (Å²) in [5, 5.41) is 23.3. The summed E-state index contributed by atoms with van der Waals surface area (Å²) in [5.74, 6) is -2.19. The van der Waals surface area contributed by atoms with E-state index in [0.717, 1.165) is 24.6 Å². The highest BCUT2D eigenvalue weighted by Gasteiger charge is 2.38. The predicted molar refractivity (Wildman–Crippen MR) is 91.3 cm³/mol. The molecule has 1 aliphatic carbocycles. The fourth-order valence-electron chi connectivity index (χ4n) is 3.10. The Balaban J connectivity index is 1.83. The van der Waals surface area contributed by atoms with Crippen molar-refractivity contribution in [2.45, 2.75) is 25.3 Å². The molecule has 0 spiro atoms. The minimum Gasteiger partial charge on any atom is -0.506 e. The number of anilines is 1. The Bertz CT molecular complexity index is 1100. The summed E-state index contributed by atoms with van der Waals surface area (Å²) in [6.07, 6.45) is 1.92. The summed E-state index contributed by atoms with van der Waals surface area (Å²) in [6, 6.07) is 6.09. The molecular formula is C16H14FN5O4S. The van der Waals surface area contributed by atoms with E-state index in [1.165, 1.54) is 10.7 Å². The Labute approximate surface area is 153 Å². The molecule has 27 heavy (non-hydrogen) atoms. The first-order valence-corrected chi connectivity index (χ1v) is 9.55. The number of phenols is 1. The highest BCUT2D eigenvalue weighted by atomic mass is 32.2. The molecule has 9 nitrogen and oxygen atoms in total. The molecule has 2 N–H and O–H groups in total. The SMILES string of the molecule is N#CCn1nc(-c2ccc(O)c(N3CC(=O)NS3(=O)=O)c2F)cc1C1CC1. The zero-order valence-electron chi connectivity index (χ0n) is 13.9. The molecule has 1 amide bonds. The van der Waals surface area contributed by atoms with Crippen LogP contribution in [0.3, 0.4) is 0 Å². The van der Waals surface area contributed by atoms with Gasteiger partial charge in [0.05, 0.1) is 11.8 Å². The lowest BCUT2D eigenvalue weighted by atomic mass is 10.1. The largest absolute Gasteiger partial charge is 0.506 e. The summed E-state index contributed by atoms with van der Waals surface area (Å²) >= 11 is 0. The van der Waals surface area contributed by atoms with Crippen molar-refractivity contribution < 1.29 is 22.7 Å². The first kappa shape index (κ1) is 17.3. The van der Waals surface area contributed by atoms with Crippen LogP contribution in [0, 0.1) is 17.1 Å². The maximum absolute atomic E-state index is 15.2. The van der Waals surface area contributed by atoms with Gasteiger partial charge in [0.2, 0.25) is 0 Å². The van der Waals surface area contributed by atoms with Crippen LogP contribution in [-0.2, 0) is 21.5 Å². The molecule has 2 fully saturated rings. The second-order valence-electron chi connectivity index (χ2n) is 6.38. The summed E-state index contributed by atoms with van der Waals surface area (Å²) < 4.78 is 42.9. The number of phenolic OH excluding ortho intramolecular Hbond substituents is 1. The van der Waals surface area contributed by atoms with Crippen LogP contribution in [0.1, 0.15) is 24.5 Å². The molecule has 0 radical (unpaired) electrons. The Hall–Kier alpha value is -3.13. The molecule has 2 heterocycles. The smallest absolute Gasteiger partial charge is 0.326 e. The van der Waals surface area contributed by atoms with Crippen molar-refractivity contribution in [1.82, 2.24) is 14.5 Å². The molecule has 1 saturated carbocycles.